The van der Waals surface area contributed by atoms with Crippen LogP contribution in [0.15, 0.2) is 54.6 Å². The lowest BCUT2D eigenvalue weighted by Crippen LogP contribution is -2.11. The van der Waals surface area contributed by atoms with Gasteiger partial charge in [0.1, 0.15) is 0 Å². The van der Waals surface area contributed by atoms with Crippen LogP contribution in [0.3, 0.4) is 0 Å². The minimum Gasteiger partial charge on any atom is -0.306 e. The Hall–Kier alpha value is -2.04. The molecule has 1 nitrogen and oxygen atoms in total. The van der Waals surface area contributed by atoms with E-state index in [2.05, 4.69) is 72.6 Å². The molecule has 0 heterocycles. The molecule has 2 aromatic carbocycles. The van der Waals surface area contributed by atoms with E-state index < -0.39 is 0 Å². The average molecular weight is 249 g/mol. The third kappa shape index (κ3) is 4.62. The highest BCUT2D eigenvalue weighted by Crippen LogP contribution is 2.10. The van der Waals surface area contributed by atoms with Crippen LogP contribution in [0.25, 0.3) is 0 Å². The molecule has 2 rings (SSSR count). The Balaban J connectivity index is 1.96. The van der Waals surface area contributed by atoms with E-state index in [4.69, 9.17) is 0 Å². The summed E-state index contributed by atoms with van der Waals surface area (Å²) in [4.78, 5) is 0. The normalized spacial score (nSPS) is 9.74. The van der Waals surface area contributed by atoms with Crippen LogP contribution in [-0.2, 0) is 6.42 Å². The Morgan fingerprint density at radius 3 is 2.26 bits per heavy atom. The molecule has 0 bridgehead atoms. The van der Waals surface area contributed by atoms with Gasteiger partial charge in [-0.1, -0.05) is 61.2 Å². The quantitative estimate of drug-likeness (QED) is 0.648. The average Bonchev–Trinajstić information content (AvgIpc) is 2.46. The Morgan fingerprint density at radius 2 is 1.58 bits per heavy atom. The summed E-state index contributed by atoms with van der Waals surface area (Å²) in [6, 6.07) is 19.0. The number of benzene rings is 2. The maximum absolute atomic E-state index is 3.19. The highest BCUT2D eigenvalue weighted by Gasteiger charge is 1.95. The van der Waals surface area contributed by atoms with Gasteiger partial charge in [0.05, 0.1) is 6.54 Å². The van der Waals surface area contributed by atoms with Crippen molar-refractivity contribution in [2.45, 2.75) is 13.3 Å². The van der Waals surface area contributed by atoms with E-state index in [1.807, 2.05) is 6.07 Å². The molecule has 0 spiro atoms. The molecule has 0 aliphatic rings. The Morgan fingerprint density at radius 1 is 0.895 bits per heavy atom. The van der Waals surface area contributed by atoms with Crippen LogP contribution in [0, 0.1) is 11.8 Å². The fourth-order valence-electron chi connectivity index (χ4n) is 1.87. The highest BCUT2D eigenvalue weighted by atomic mass is 14.8. The second kappa shape index (κ2) is 7.41. The Kier molecular flexibility index (Phi) is 5.22. The lowest BCUT2D eigenvalue weighted by molar-refractivity contribution is 0.811. The third-order valence-electron chi connectivity index (χ3n) is 2.90. The molecule has 0 amide bonds. The van der Waals surface area contributed by atoms with Crippen molar-refractivity contribution in [1.29, 1.82) is 0 Å². The highest BCUT2D eigenvalue weighted by molar-refractivity contribution is 5.37. The first-order valence-corrected chi connectivity index (χ1v) is 6.71. The molecule has 1 heteroatoms. The largest absolute Gasteiger partial charge is 0.306 e. The lowest BCUT2D eigenvalue weighted by Gasteiger charge is -2.01. The predicted octanol–water partition coefficient (Wildman–Crippen LogP) is 3.24. The SMILES string of the molecule is CCNCC#Cc1ccc(Cc2ccccc2)cc1. The fourth-order valence-corrected chi connectivity index (χ4v) is 1.87. The summed E-state index contributed by atoms with van der Waals surface area (Å²) < 4.78 is 0. The molecule has 0 saturated carbocycles. The van der Waals surface area contributed by atoms with Gasteiger partial charge in [0.2, 0.25) is 0 Å². The summed E-state index contributed by atoms with van der Waals surface area (Å²) in [5.41, 5.74) is 3.74. The van der Waals surface area contributed by atoms with Gasteiger partial charge in [0.15, 0.2) is 0 Å². The maximum atomic E-state index is 3.19. The number of rotatable bonds is 4. The Labute approximate surface area is 115 Å². The summed E-state index contributed by atoms with van der Waals surface area (Å²) in [5.74, 6) is 6.27. The number of hydrogen-bond acceptors (Lipinski definition) is 1. The first kappa shape index (κ1) is 13.4. The second-order valence-corrected chi connectivity index (χ2v) is 4.44. The van der Waals surface area contributed by atoms with E-state index in [1.165, 1.54) is 11.1 Å². The molecule has 0 fully saturated rings. The van der Waals surface area contributed by atoms with E-state index in [0.717, 1.165) is 25.1 Å². The molecule has 96 valence electrons. The summed E-state index contributed by atoms with van der Waals surface area (Å²) in [6.07, 6.45) is 0.978. The molecule has 1 N–H and O–H groups in total. The maximum Gasteiger partial charge on any atom is 0.0580 e. The van der Waals surface area contributed by atoms with Gasteiger partial charge in [-0.05, 0) is 36.2 Å². The van der Waals surface area contributed by atoms with Crippen molar-refractivity contribution in [1.82, 2.24) is 5.32 Å². The van der Waals surface area contributed by atoms with E-state index in [1.54, 1.807) is 0 Å². The van der Waals surface area contributed by atoms with Crippen molar-refractivity contribution >= 4 is 0 Å². The van der Waals surface area contributed by atoms with Gasteiger partial charge in [-0.2, -0.15) is 0 Å². The molecule has 0 aromatic heterocycles. The van der Waals surface area contributed by atoms with Gasteiger partial charge in [0.25, 0.3) is 0 Å². The van der Waals surface area contributed by atoms with Crippen molar-refractivity contribution in [3.63, 3.8) is 0 Å². The molecular formula is C18H19N. The zero-order valence-electron chi connectivity index (χ0n) is 11.3. The lowest BCUT2D eigenvalue weighted by atomic mass is 10.0. The van der Waals surface area contributed by atoms with Crippen molar-refractivity contribution in [2.75, 3.05) is 13.1 Å². The van der Waals surface area contributed by atoms with Gasteiger partial charge in [-0.25, -0.2) is 0 Å². The predicted molar refractivity (Wildman–Crippen MR) is 81.1 cm³/mol. The zero-order chi connectivity index (χ0) is 13.3. The minimum absolute atomic E-state index is 0.752. The van der Waals surface area contributed by atoms with Crippen LogP contribution in [0.2, 0.25) is 0 Å². The monoisotopic (exact) mass is 249 g/mol. The number of nitrogens with one attached hydrogen (secondary N) is 1. The molecular weight excluding hydrogens is 230 g/mol. The smallest absolute Gasteiger partial charge is 0.0580 e. The van der Waals surface area contributed by atoms with Crippen LogP contribution in [0.4, 0.5) is 0 Å². The van der Waals surface area contributed by atoms with Crippen molar-refractivity contribution in [3.05, 3.63) is 71.3 Å². The molecule has 0 unspecified atom stereocenters. The topological polar surface area (TPSA) is 12.0 Å². The summed E-state index contributed by atoms with van der Waals surface area (Å²) in [5, 5.41) is 3.19. The minimum atomic E-state index is 0.752. The first-order chi connectivity index (χ1) is 9.38. The van der Waals surface area contributed by atoms with Gasteiger partial charge in [-0.15, -0.1) is 0 Å². The second-order valence-electron chi connectivity index (χ2n) is 4.44. The first-order valence-electron chi connectivity index (χ1n) is 6.71. The molecule has 0 aliphatic heterocycles. The van der Waals surface area contributed by atoms with Crippen LogP contribution < -0.4 is 5.32 Å². The standard InChI is InChI=1S/C18H19N/c1-2-19-14-6-9-16-10-12-18(13-11-16)15-17-7-4-3-5-8-17/h3-5,7-8,10-13,19H,2,14-15H2,1H3. The van der Waals surface area contributed by atoms with Crippen LogP contribution in [0.5, 0.6) is 0 Å². The van der Waals surface area contributed by atoms with Crippen molar-refractivity contribution in [3.8, 4) is 11.8 Å². The Bertz CT molecular complexity index is 544. The summed E-state index contributed by atoms with van der Waals surface area (Å²) in [7, 11) is 0. The molecule has 2 aromatic rings. The van der Waals surface area contributed by atoms with Gasteiger partial charge < -0.3 is 5.32 Å². The fraction of sp³-hybridized carbons (Fsp3) is 0.222. The van der Waals surface area contributed by atoms with E-state index in [9.17, 15) is 0 Å². The molecule has 0 radical (unpaired) electrons. The van der Waals surface area contributed by atoms with Crippen molar-refractivity contribution < 1.29 is 0 Å². The van der Waals surface area contributed by atoms with Crippen LogP contribution in [0.1, 0.15) is 23.6 Å². The van der Waals surface area contributed by atoms with Gasteiger partial charge in [-0.3, -0.25) is 0 Å². The summed E-state index contributed by atoms with van der Waals surface area (Å²) in [6.45, 7) is 3.80. The molecule has 19 heavy (non-hydrogen) atoms. The van der Waals surface area contributed by atoms with Crippen LogP contribution >= 0.6 is 0 Å². The summed E-state index contributed by atoms with van der Waals surface area (Å²) >= 11 is 0. The third-order valence-corrected chi connectivity index (χ3v) is 2.90. The van der Waals surface area contributed by atoms with Crippen molar-refractivity contribution in [2.24, 2.45) is 0 Å². The van der Waals surface area contributed by atoms with Crippen LogP contribution in [-0.4, -0.2) is 13.1 Å². The van der Waals surface area contributed by atoms with E-state index in [-0.39, 0.29) is 0 Å². The van der Waals surface area contributed by atoms with Gasteiger partial charge in [0, 0.05) is 5.56 Å². The zero-order valence-corrected chi connectivity index (χ0v) is 11.3. The van der Waals surface area contributed by atoms with E-state index >= 15 is 0 Å². The van der Waals surface area contributed by atoms with E-state index in [0.29, 0.717) is 0 Å². The number of hydrogen-bond donors (Lipinski definition) is 1. The molecule has 0 saturated heterocycles. The molecule has 0 aliphatic carbocycles. The van der Waals surface area contributed by atoms with Gasteiger partial charge >= 0.3 is 0 Å². The molecule has 0 atom stereocenters.